The van der Waals surface area contributed by atoms with Crippen molar-refractivity contribution in [2.75, 3.05) is 18.1 Å². The van der Waals surface area contributed by atoms with E-state index in [1.165, 1.54) is 25.7 Å². The van der Waals surface area contributed by atoms with Gasteiger partial charge in [0.2, 0.25) is 0 Å². The fourth-order valence-electron chi connectivity index (χ4n) is 2.48. The number of amides is 1. The van der Waals surface area contributed by atoms with Gasteiger partial charge >= 0.3 is 0 Å². The highest BCUT2D eigenvalue weighted by atomic mass is 32.2. The molecule has 0 bridgehead atoms. The molecule has 1 fully saturated rings. The Morgan fingerprint density at radius 3 is 2.80 bits per heavy atom. The van der Waals surface area contributed by atoms with Crippen LogP contribution in [0.25, 0.3) is 0 Å². The Kier molecular flexibility index (Phi) is 6.80. The predicted molar refractivity (Wildman–Crippen MR) is 89.9 cm³/mol. The predicted octanol–water partition coefficient (Wildman–Crippen LogP) is 4.20. The summed E-state index contributed by atoms with van der Waals surface area (Å²) in [5.74, 6) is 2.08. The molecule has 0 atom stereocenters. The molecule has 1 amide bonds. The molecule has 2 rings (SSSR count). The van der Waals surface area contributed by atoms with Crippen LogP contribution in [0.4, 0.5) is 0 Å². The highest BCUT2D eigenvalue weighted by Crippen LogP contribution is 2.29. The van der Waals surface area contributed by atoms with E-state index in [9.17, 15) is 4.79 Å². The van der Waals surface area contributed by atoms with Crippen LogP contribution in [0.1, 0.15) is 43.0 Å². The standard InChI is InChI=1S/C16H23NOS2/c1-2-19-15-10-6-5-9-14(15)16(18)17-11-12-20-13-7-3-4-8-13/h5-6,9-10,13H,2-4,7-8,11-12H2,1H3,(H,17,18). The van der Waals surface area contributed by atoms with E-state index in [-0.39, 0.29) is 5.91 Å². The van der Waals surface area contributed by atoms with Crippen LogP contribution in [0.15, 0.2) is 29.2 Å². The van der Waals surface area contributed by atoms with Gasteiger partial charge in [-0.25, -0.2) is 0 Å². The molecule has 1 aliphatic rings. The topological polar surface area (TPSA) is 29.1 Å². The summed E-state index contributed by atoms with van der Waals surface area (Å²) in [6.07, 6.45) is 5.47. The number of carbonyl (C=O) groups excluding carboxylic acids is 1. The van der Waals surface area contributed by atoms with Crippen molar-refractivity contribution < 1.29 is 4.79 Å². The summed E-state index contributed by atoms with van der Waals surface area (Å²) < 4.78 is 0. The van der Waals surface area contributed by atoms with Gasteiger partial charge < -0.3 is 5.32 Å². The van der Waals surface area contributed by atoms with Crippen molar-refractivity contribution >= 4 is 29.4 Å². The lowest BCUT2D eigenvalue weighted by Crippen LogP contribution is -2.26. The zero-order valence-electron chi connectivity index (χ0n) is 12.1. The van der Waals surface area contributed by atoms with Gasteiger partial charge in [0.1, 0.15) is 0 Å². The average molecular weight is 310 g/mol. The summed E-state index contributed by atoms with van der Waals surface area (Å²) in [7, 11) is 0. The number of rotatable bonds is 7. The molecule has 20 heavy (non-hydrogen) atoms. The first-order valence-corrected chi connectivity index (χ1v) is 9.46. The highest BCUT2D eigenvalue weighted by molar-refractivity contribution is 8.00. The van der Waals surface area contributed by atoms with E-state index in [2.05, 4.69) is 12.2 Å². The second-order valence-corrected chi connectivity index (χ2v) is 7.68. The van der Waals surface area contributed by atoms with Gasteiger partial charge in [-0.3, -0.25) is 4.79 Å². The van der Waals surface area contributed by atoms with Gasteiger partial charge in [-0.15, -0.1) is 11.8 Å². The summed E-state index contributed by atoms with van der Waals surface area (Å²) in [6.45, 7) is 2.88. The first-order chi connectivity index (χ1) is 9.81. The number of carbonyl (C=O) groups is 1. The van der Waals surface area contributed by atoms with Gasteiger partial charge in [0.25, 0.3) is 5.91 Å². The Balaban J connectivity index is 1.76. The summed E-state index contributed by atoms with van der Waals surface area (Å²) in [5.41, 5.74) is 0.810. The van der Waals surface area contributed by atoms with Gasteiger partial charge in [0.15, 0.2) is 0 Å². The number of thioether (sulfide) groups is 2. The number of benzene rings is 1. The van der Waals surface area contributed by atoms with Gasteiger partial charge in [-0.1, -0.05) is 31.9 Å². The van der Waals surface area contributed by atoms with Crippen molar-refractivity contribution in [1.82, 2.24) is 5.32 Å². The maximum Gasteiger partial charge on any atom is 0.252 e. The molecule has 1 aromatic rings. The van der Waals surface area contributed by atoms with Crippen LogP contribution < -0.4 is 5.32 Å². The van der Waals surface area contributed by atoms with Crippen molar-refractivity contribution in [2.24, 2.45) is 0 Å². The van der Waals surface area contributed by atoms with Crippen molar-refractivity contribution in [3.05, 3.63) is 29.8 Å². The Hall–Kier alpha value is -0.610. The Bertz CT molecular complexity index is 430. The van der Waals surface area contributed by atoms with Crippen molar-refractivity contribution in [3.63, 3.8) is 0 Å². The minimum absolute atomic E-state index is 0.0635. The number of nitrogens with one attached hydrogen (secondary N) is 1. The van der Waals surface area contributed by atoms with Crippen LogP contribution in [0.5, 0.6) is 0 Å². The first-order valence-electron chi connectivity index (χ1n) is 7.43. The van der Waals surface area contributed by atoms with Gasteiger partial charge in [-0.2, -0.15) is 11.8 Å². The molecule has 1 saturated carbocycles. The molecule has 0 aromatic heterocycles. The molecule has 0 saturated heterocycles. The normalized spacial score (nSPS) is 15.4. The first kappa shape index (κ1) is 15.8. The van der Waals surface area contributed by atoms with Crippen molar-refractivity contribution in [1.29, 1.82) is 0 Å². The molecule has 1 aromatic carbocycles. The fraction of sp³-hybridized carbons (Fsp3) is 0.562. The molecule has 4 heteroatoms. The van der Waals surface area contributed by atoms with Crippen LogP contribution in [0.2, 0.25) is 0 Å². The SMILES string of the molecule is CCSc1ccccc1C(=O)NCCSC1CCCC1. The molecule has 0 unspecified atom stereocenters. The van der Waals surface area contributed by atoms with E-state index in [0.717, 1.165) is 33.8 Å². The Morgan fingerprint density at radius 1 is 1.30 bits per heavy atom. The molecule has 1 N–H and O–H groups in total. The van der Waals surface area contributed by atoms with E-state index in [1.807, 2.05) is 36.0 Å². The van der Waals surface area contributed by atoms with E-state index in [0.29, 0.717) is 0 Å². The number of hydrogen-bond donors (Lipinski definition) is 1. The third-order valence-corrected chi connectivity index (χ3v) is 5.81. The molecule has 110 valence electrons. The molecule has 0 spiro atoms. The van der Waals surface area contributed by atoms with E-state index in [1.54, 1.807) is 11.8 Å². The average Bonchev–Trinajstić information content (AvgIpc) is 2.97. The van der Waals surface area contributed by atoms with Crippen LogP contribution in [0.3, 0.4) is 0 Å². The summed E-state index contributed by atoms with van der Waals surface area (Å²) in [6, 6.07) is 7.86. The number of hydrogen-bond acceptors (Lipinski definition) is 3. The Labute approximate surface area is 130 Å². The quantitative estimate of drug-likeness (QED) is 0.604. The minimum Gasteiger partial charge on any atom is -0.351 e. The molecular formula is C16H23NOS2. The maximum absolute atomic E-state index is 12.2. The zero-order valence-corrected chi connectivity index (χ0v) is 13.7. The van der Waals surface area contributed by atoms with Gasteiger partial charge in [0.05, 0.1) is 5.56 Å². The van der Waals surface area contributed by atoms with Crippen LogP contribution >= 0.6 is 23.5 Å². The molecule has 0 radical (unpaired) electrons. The van der Waals surface area contributed by atoms with E-state index >= 15 is 0 Å². The third-order valence-electron chi connectivity index (χ3n) is 3.47. The zero-order chi connectivity index (χ0) is 14.2. The monoisotopic (exact) mass is 309 g/mol. The van der Waals surface area contributed by atoms with E-state index in [4.69, 9.17) is 0 Å². The minimum atomic E-state index is 0.0635. The van der Waals surface area contributed by atoms with Crippen LogP contribution in [-0.2, 0) is 0 Å². The van der Waals surface area contributed by atoms with Crippen molar-refractivity contribution in [2.45, 2.75) is 42.8 Å². The Morgan fingerprint density at radius 2 is 2.05 bits per heavy atom. The lowest BCUT2D eigenvalue weighted by molar-refractivity contribution is 0.0953. The molecule has 0 heterocycles. The lowest BCUT2D eigenvalue weighted by Gasteiger charge is -2.11. The fourth-order valence-corrected chi connectivity index (χ4v) is 4.50. The summed E-state index contributed by atoms with van der Waals surface area (Å²) >= 11 is 3.74. The van der Waals surface area contributed by atoms with Gasteiger partial charge in [0, 0.05) is 22.4 Å². The third kappa shape index (κ3) is 4.74. The summed E-state index contributed by atoms with van der Waals surface area (Å²) in [5, 5.41) is 3.88. The van der Waals surface area contributed by atoms with Crippen LogP contribution in [0, 0.1) is 0 Å². The lowest BCUT2D eigenvalue weighted by atomic mass is 10.2. The smallest absolute Gasteiger partial charge is 0.252 e. The van der Waals surface area contributed by atoms with Crippen molar-refractivity contribution in [3.8, 4) is 0 Å². The van der Waals surface area contributed by atoms with E-state index < -0.39 is 0 Å². The molecule has 1 aliphatic carbocycles. The molecule has 2 nitrogen and oxygen atoms in total. The second kappa shape index (κ2) is 8.63. The molecular weight excluding hydrogens is 286 g/mol. The summed E-state index contributed by atoms with van der Waals surface area (Å²) in [4.78, 5) is 13.3. The largest absolute Gasteiger partial charge is 0.351 e. The van der Waals surface area contributed by atoms with Gasteiger partial charge in [-0.05, 0) is 30.7 Å². The molecule has 0 aliphatic heterocycles. The second-order valence-electron chi connectivity index (χ2n) is 4.96. The highest BCUT2D eigenvalue weighted by Gasteiger charge is 2.15. The maximum atomic E-state index is 12.2. The van der Waals surface area contributed by atoms with Crippen LogP contribution in [-0.4, -0.2) is 29.2 Å².